The molecular weight excluding hydrogens is 358 g/mol. The average molecular weight is 383 g/mol. The Labute approximate surface area is 153 Å². The lowest BCUT2D eigenvalue weighted by molar-refractivity contribution is -0.384. The van der Waals surface area contributed by atoms with E-state index in [0.717, 1.165) is 44.6 Å². The summed E-state index contributed by atoms with van der Waals surface area (Å²) in [5, 5.41) is 24.6. The lowest BCUT2D eigenvalue weighted by Crippen LogP contribution is -2.36. The van der Waals surface area contributed by atoms with E-state index in [1.54, 1.807) is 0 Å². The quantitative estimate of drug-likeness (QED) is 0.597. The minimum absolute atomic E-state index is 0.0548. The number of aliphatic hydroxyl groups is 1. The summed E-state index contributed by atoms with van der Waals surface area (Å²) >= 11 is 0. The van der Waals surface area contributed by atoms with Gasteiger partial charge in [0, 0.05) is 19.2 Å². The minimum Gasteiger partial charge on any atom is -0.391 e. The number of sulfonamides is 1. The Kier molecular flexibility index (Phi) is 5.79. The number of piperidine rings is 1. The molecule has 1 aliphatic carbocycles. The highest BCUT2D eigenvalue weighted by Crippen LogP contribution is 2.32. The largest absolute Gasteiger partial charge is 0.391 e. The lowest BCUT2D eigenvalue weighted by Gasteiger charge is -2.29. The molecule has 8 nitrogen and oxygen atoms in total. The Bertz CT molecular complexity index is 762. The Morgan fingerprint density at radius 3 is 2.46 bits per heavy atom. The molecule has 2 aliphatic rings. The Balaban J connectivity index is 1.88. The number of anilines is 1. The van der Waals surface area contributed by atoms with E-state index in [0.29, 0.717) is 19.5 Å². The fourth-order valence-corrected chi connectivity index (χ4v) is 5.22. The van der Waals surface area contributed by atoms with Gasteiger partial charge in [0.25, 0.3) is 5.69 Å². The molecule has 2 atom stereocenters. The highest BCUT2D eigenvalue weighted by molar-refractivity contribution is 7.89. The number of nitrogens with one attached hydrogen (secondary N) is 1. The molecule has 1 heterocycles. The van der Waals surface area contributed by atoms with E-state index in [1.165, 1.54) is 16.4 Å². The van der Waals surface area contributed by atoms with Crippen molar-refractivity contribution >= 4 is 21.4 Å². The molecule has 0 amide bonds. The van der Waals surface area contributed by atoms with Gasteiger partial charge in [-0.05, 0) is 37.8 Å². The molecule has 2 fully saturated rings. The Morgan fingerprint density at radius 1 is 1.12 bits per heavy atom. The van der Waals surface area contributed by atoms with Crippen LogP contribution >= 0.6 is 0 Å². The summed E-state index contributed by atoms with van der Waals surface area (Å²) in [4.78, 5) is 10.9. The highest BCUT2D eigenvalue weighted by Gasteiger charge is 2.30. The number of aliphatic hydroxyl groups excluding tert-OH is 1. The van der Waals surface area contributed by atoms with Crippen molar-refractivity contribution in [2.45, 2.75) is 62.0 Å². The van der Waals surface area contributed by atoms with Gasteiger partial charge in [0.1, 0.15) is 5.69 Å². The lowest BCUT2D eigenvalue weighted by atomic mass is 9.92. The van der Waals surface area contributed by atoms with Gasteiger partial charge < -0.3 is 10.4 Å². The molecule has 1 aromatic rings. The second-order valence-corrected chi connectivity index (χ2v) is 8.94. The van der Waals surface area contributed by atoms with Crippen molar-refractivity contribution in [3.63, 3.8) is 0 Å². The first-order valence-corrected chi connectivity index (χ1v) is 10.6. The monoisotopic (exact) mass is 383 g/mol. The SMILES string of the molecule is O=[N+]([O-])c1cc(S(=O)(=O)N2CCCCC2)ccc1N[C@H]1CCCC[C@@H]1O. The third kappa shape index (κ3) is 3.99. The maximum absolute atomic E-state index is 12.8. The summed E-state index contributed by atoms with van der Waals surface area (Å²) in [5.74, 6) is 0. The molecule has 1 saturated carbocycles. The molecule has 0 spiro atoms. The minimum atomic E-state index is -3.73. The van der Waals surface area contributed by atoms with Crippen molar-refractivity contribution in [3.05, 3.63) is 28.3 Å². The van der Waals surface area contributed by atoms with E-state index in [1.807, 2.05) is 0 Å². The first kappa shape index (κ1) is 19.1. The number of nitro groups is 1. The van der Waals surface area contributed by atoms with E-state index >= 15 is 0 Å². The topological polar surface area (TPSA) is 113 Å². The van der Waals surface area contributed by atoms with Crippen molar-refractivity contribution in [2.24, 2.45) is 0 Å². The number of hydrogen-bond acceptors (Lipinski definition) is 6. The molecule has 1 saturated heterocycles. The average Bonchev–Trinajstić information content (AvgIpc) is 2.64. The zero-order valence-electron chi connectivity index (χ0n) is 14.6. The number of nitro benzene ring substituents is 1. The molecule has 9 heteroatoms. The van der Waals surface area contributed by atoms with Crippen molar-refractivity contribution in [1.29, 1.82) is 0 Å². The fourth-order valence-electron chi connectivity index (χ4n) is 3.68. The smallest absolute Gasteiger partial charge is 0.293 e. The molecule has 144 valence electrons. The summed E-state index contributed by atoms with van der Waals surface area (Å²) in [7, 11) is -3.73. The van der Waals surface area contributed by atoms with Gasteiger partial charge in [-0.3, -0.25) is 10.1 Å². The number of nitrogens with zero attached hydrogens (tertiary/aromatic N) is 2. The van der Waals surface area contributed by atoms with E-state index in [2.05, 4.69) is 5.32 Å². The van der Waals surface area contributed by atoms with Crippen LogP contribution in [0.2, 0.25) is 0 Å². The number of hydrogen-bond donors (Lipinski definition) is 2. The van der Waals surface area contributed by atoms with Crippen molar-refractivity contribution in [3.8, 4) is 0 Å². The molecule has 0 bridgehead atoms. The molecule has 1 aliphatic heterocycles. The number of rotatable bonds is 5. The van der Waals surface area contributed by atoms with Crippen molar-refractivity contribution in [2.75, 3.05) is 18.4 Å². The van der Waals surface area contributed by atoms with Gasteiger partial charge in [0.2, 0.25) is 10.0 Å². The van der Waals surface area contributed by atoms with Crippen LogP contribution in [-0.4, -0.2) is 48.0 Å². The van der Waals surface area contributed by atoms with Crippen molar-refractivity contribution < 1.29 is 18.4 Å². The normalized spacial score (nSPS) is 25.0. The van der Waals surface area contributed by atoms with Gasteiger partial charge >= 0.3 is 0 Å². The van der Waals surface area contributed by atoms with Crippen LogP contribution < -0.4 is 5.32 Å². The van der Waals surface area contributed by atoms with Gasteiger partial charge in [-0.25, -0.2) is 8.42 Å². The third-order valence-electron chi connectivity index (χ3n) is 5.19. The predicted molar refractivity (Wildman–Crippen MR) is 97.6 cm³/mol. The third-order valence-corrected chi connectivity index (χ3v) is 7.08. The van der Waals surface area contributed by atoms with Crippen LogP contribution in [0.15, 0.2) is 23.1 Å². The van der Waals surface area contributed by atoms with Crippen molar-refractivity contribution in [1.82, 2.24) is 4.31 Å². The molecule has 1 aromatic carbocycles. The second-order valence-electron chi connectivity index (χ2n) is 7.00. The number of benzene rings is 1. The van der Waals surface area contributed by atoms with Gasteiger partial charge in [-0.15, -0.1) is 0 Å². The maximum atomic E-state index is 12.8. The van der Waals surface area contributed by atoms with Crippen LogP contribution in [0.4, 0.5) is 11.4 Å². The van der Waals surface area contributed by atoms with Crippen LogP contribution in [0, 0.1) is 10.1 Å². The Morgan fingerprint density at radius 2 is 1.81 bits per heavy atom. The first-order chi connectivity index (χ1) is 12.4. The van der Waals surface area contributed by atoms with Gasteiger partial charge in [0.15, 0.2) is 0 Å². The zero-order chi connectivity index (χ0) is 18.7. The van der Waals surface area contributed by atoms with Crippen LogP contribution in [0.25, 0.3) is 0 Å². The molecule has 26 heavy (non-hydrogen) atoms. The second kappa shape index (κ2) is 7.89. The van der Waals surface area contributed by atoms with Crippen LogP contribution in [0.1, 0.15) is 44.9 Å². The highest BCUT2D eigenvalue weighted by atomic mass is 32.2. The summed E-state index contributed by atoms with van der Waals surface area (Å²) in [6.07, 6.45) is 5.33. The summed E-state index contributed by atoms with van der Waals surface area (Å²) in [5.41, 5.74) is -0.0283. The van der Waals surface area contributed by atoms with E-state index in [-0.39, 0.29) is 22.3 Å². The molecule has 0 radical (unpaired) electrons. The van der Waals surface area contributed by atoms with E-state index in [4.69, 9.17) is 0 Å². The maximum Gasteiger partial charge on any atom is 0.293 e. The van der Waals surface area contributed by atoms with Crippen LogP contribution in [-0.2, 0) is 10.0 Å². The Hall–Kier alpha value is -1.71. The molecule has 3 rings (SSSR count). The van der Waals surface area contributed by atoms with E-state index in [9.17, 15) is 23.6 Å². The van der Waals surface area contributed by atoms with Gasteiger partial charge in [-0.1, -0.05) is 19.3 Å². The molecule has 0 unspecified atom stereocenters. The fraction of sp³-hybridized carbons (Fsp3) is 0.647. The van der Waals surface area contributed by atoms with Gasteiger partial charge in [-0.2, -0.15) is 4.31 Å². The molecular formula is C17H25N3O5S. The molecule has 2 N–H and O–H groups in total. The van der Waals surface area contributed by atoms with Gasteiger partial charge in [0.05, 0.1) is 22.0 Å². The molecule has 0 aromatic heterocycles. The summed E-state index contributed by atoms with van der Waals surface area (Å²) in [6, 6.07) is 3.72. The zero-order valence-corrected chi connectivity index (χ0v) is 15.5. The first-order valence-electron chi connectivity index (χ1n) is 9.13. The van der Waals surface area contributed by atoms with E-state index < -0.39 is 21.1 Å². The van der Waals surface area contributed by atoms with Crippen LogP contribution in [0.5, 0.6) is 0 Å². The summed E-state index contributed by atoms with van der Waals surface area (Å²) in [6.45, 7) is 0.898. The predicted octanol–water partition coefficient (Wildman–Crippen LogP) is 2.48. The summed E-state index contributed by atoms with van der Waals surface area (Å²) < 4.78 is 26.9. The standard InChI is InChI=1S/C17H25N3O5S/c21-17-7-3-2-6-15(17)18-14-9-8-13(12-16(14)20(22)23)26(24,25)19-10-4-1-5-11-19/h8-9,12,15,17-18,21H,1-7,10-11H2/t15-,17-/m0/s1. The van der Waals surface area contributed by atoms with Crippen LogP contribution in [0.3, 0.4) is 0 Å².